The van der Waals surface area contributed by atoms with Crippen molar-refractivity contribution in [3.05, 3.63) is 11.4 Å². The van der Waals surface area contributed by atoms with Crippen LogP contribution in [0.1, 0.15) is 25.2 Å². The van der Waals surface area contributed by atoms with Crippen LogP contribution < -0.4 is 4.90 Å². The molecule has 0 saturated carbocycles. The van der Waals surface area contributed by atoms with E-state index in [1.165, 1.54) is 0 Å². The van der Waals surface area contributed by atoms with Crippen LogP contribution in [0.2, 0.25) is 0 Å². The zero-order valence-electron chi connectivity index (χ0n) is 8.70. The lowest BCUT2D eigenvalue weighted by atomic mass is 10.4. The maximum absolute atomic E-state index is 4.37. The lowest BCUT2D eigenvalue weighted by molar-refractivity contribution is 0.776. The molecular formula is C9H16N4. The van der Waals surface area contributed by atoms with Crippen LogP contribution in [-0.2, 0) is 0 Å². The Bertz CT molecular complexity index is 281. The van der Waals surface area contributed by atoms with E-state index >= 15 is 0 Å². The Kier molecular flexibility index (Phi) is 3.17. The number of rotatable bonds is 3. The molecule has 0 fully saturated rings. The van der Waals surface area contributed by atoms with E-state index in [0.29, 0.717) is 0 Å². The molecule has 1 aromatic rings. The van der Waals surface area contributed by atoms with Crippen molar-refractivity contribution in [1.82, 2.24) is 15.2 Å². The fourth-order valence-corrected chi connectivity index (χ4v) is 1.09. The van der Waals surface area contributed by atoms with Crippen molar-refractivity contribution in [2.75, 3.05) is 18.0 Å². The van der Waals surface area contributed by atoms with Crippen LogP contribution >= 0.6 is 0 Å². The molecule has 4 heteroatoms. The highest BCUT2D eigenvalue weighted by Gasteiger charge is 2.06. The van der Waals surface area contributed by atoms with Gasteiger partial charge < -0.3 is 4.90 Å². The highest BCUT2D eigenvalue weighted by atomic mass is 15.3. The van der Waals surface area contributed by atoms with Gasteiger partial charge in [-0.1, -0.05) is 0 Å². The number of hydrogen-bond acceptors (Lipinski definition) is 4. The van der Waals surface area contributed by atoms with E-state index < -0.39 is 0 Å². The number of aromatic nitrogens is 3. The van der Waals surface area contributed by atoms with Crippen LogP contribution in [-0.4, -0.2) is 28.3 Å². The molecule has 1 rings (SSSR count). The molecule has 0 aliphatic rings. The fraction of sp³-hybridized carbons (Fsp3) is 0.667. The average Bonchev–Trinajstić information content (AvgIpc) is 2.13. The van der Waals surface area contributed by atoms with Gasteiger partial charge in [0.25, 0.3) is 0 Å². The Morgan fingerprint density at radius 2 is 1.62 bits per heavy atom. The van der Waals surface area contributed by atoms with Crippen molar-refractivity contribution in [2.24, 2.45) is 0 Å². The van der Waals surface area contributed by atoms with Crippen molar-refractivity contribution in [3.8, 4) is 0 Å². The quantitative estimate of drug-likeness (QED) is 0.703. The summed E-state index contributed by atoms with van der Waals surface area (Å²) in [6, 6.07) is 0. The average molecular weight is 180 g/mol. The number of hydrogen-bond donors (Lipinski definition) is 0. The van der Waals surface area contributed by atoms with Crippen molar-refractivity contribution >= 4 is 5.95 Å². The van der Waals surface area contributed by atoms with Crippen molar-refractivity contribution in [1.29, 1.82) is 0 Å². The summed E-state index contributed by atoms with van der Waals surface area (Å²) in [7, 11) is 0. The van der Waals surface area contributed by atoms with Gasteiger partial charge in [-0.05, 0) is 27.7 Å². The Morgan fingerprint density at radius 1 is 1.00 bits per heavy atom. The van der Waals surface area contributed by atoms with Gasteiger partial charge in [0, 0.05) is 13.1 Å². The van der Waals surface area contributed by atoms with Crippen molar-refractivity contribution < 1.29 is 0 Å². The van der Waals surface area contributed by atoms with Crippen LogP contribution in [0.5, 0.6) is 0 Å². The lowest BCUT2D eigenvalue weighted by Crippen LogP contribution is -2.25. The maximum atomic E-state index is 4.37. The molecule has 1 aromatic heterocycles. The lowest BCUT2D eigenvalue weighted by Gasteiger charge is -2.17. The molecule has 0 spiro atoms. The minimum atomic E-state index is 0.730. The highest BCUT2D eigenvalue weighted by molar-refractivity contribution is 5.28. The summed E-state index contributed by atoms with van der Waals surface area (Å²) in [5.74, 6) is 0.730. The van der Waals surface area contributed by atoms with Crippen molar-refractivity contribution in [2.45, 2.75) is 27.7 Å². The first-order valence-corrected chi connectivity index (χ1v) is 4.61. The highest BCUT2D eigenvalue weighted by Crippen LogP contribution is 2.06. The van der Waals surface area contributed by atoms with Gasteiger partial charge in [0.05, 0.1) is 11.4 Å². The second kappa shape index (κ2) is 4.16. The molecule has 72 valence electrons. The van der Waals surface area contributed by atoms with Gasteiger partial charge in [-0.2, -0.15) is 5.10 Å². The van der Waals surface area contributed by atoms with E-state index in [9.17, 15) is 0 Å². The molecule has 1 heterocycles. The zero-order valence-corrected chi connectivity index (χ0v) is 8.70. The second-order valence-corrected chi connectivity index (χ2v) is 2.95. The van der Waals surface area contributed by atoms with Gasteiger partial charge in [-0.3, -0.25) is 0 Å². The summed E-state index contributed by atoms with van der Waals surface area (Å²) in [6.07, 6.45) is 0. The largest absolute Gasteiger partial charge is 0.340 e. The number of nitrogens with zero attached hydrogens (tertiary/aromatic N) is 4. The van der Waals surface area contributed by atoms with Gasteiger partial charge in [0.2, 0.25) is 5.95 Å². The van der Waals surface area contributed by atoms with Crippen LogP contribution in [0.15, 0.2) is 0 Å². The first-order chi connectivity index (χ1) is 6.19. The molecule has 0 aliphatic heterocycles. The summed E-state index contributed by atoms with van der Waals surface area (Å²) in [5, 5.41) is 8.09. The molecule has 0 bridgehead atoms. The van der Waals surface area contributed by atoms with E-state index in [1.54, 1.807) is 0 Å². The molecule has 0 atom stereocenters. The second-order valence-electron chi connectivity index (χ2n) is 2.95. The van der Waals surface area contributed by atoms with E-state index in [4.69, 9.17) is 0 Å². The minimum absolute atomic E-state index is 0.730. The van der Waals surface area contributed by atoms with Gasteiger partial charge in [-0.15, -0.1) is 5.10 Å². The van der Waals surface area contributed by atoms with Crippen LogP contribution in [0.4, 0.5) is 5.95 Å². The SMILES string of the molecule is CCN(CC)c1nnc(C)c(C)n1. The topological polar surface area (TPSA) is 41.9 Å². The van der Waals surface area contributed by atoms with Gasteiger partial charge in [0.1, 0.15) is 0 Å². The molecule has 0 N–H and O–H groups in total. The zero-order chi connectivity index (χ0) is 9.84. The van der Waals surface area contributed by atoms with Crippen LogP contribution in [0.3, 0.4) is 0 Å². The monoisotopic (exact) mass is 180 g/mol. The summed E-state index contributed by atoms with van der Waals surface area (Å²) in [6.45, 7) is 9.88. The smallest absolute Gasteiger partial charge is 0.245 e. The molecule has 0 aromatic carbocycles. The van der Waals surface area contributed by atoms with Gasteiger partial charge in [0.15, 0.2) is 0 Å². The predicted molar refractivity (Wildman–Crippen MR) is 52.9 cm³/mol. The van der Waals surface area contributed by atoms with E-state index in [-0.39, 0.29) is 0 Å². The molecule has 13 heavy (non-hydrogen) atoms. The Morgan fingerprint density at radius 3 is 2.08 bits per heavy atom. The molecule has 0 radical (unpaired) electrons. The Labute approximate surface area is 79.0 Å². The fourth-order valence-electron chi connectivity index (χ4n) is 1.09. The van der Waals surface area contributed by atoms with Gasteiger partial charge in [-0.25, -0.2) is 4.98 Å². The summed E-state index contributed by atoms with van der Waals surface area (Å²) >= 11 is 0. The molecular weight excluding hydrogens is 164 g/mol. The normalized spacial score (nSPS) is 10.2. The first-order valence-electron chi connectivity index (χ1n) is 4.61. The molecule has 0 aliphatic carbocycles. The molecule has 0 unspecified atom stereocenters. The summed E-state index contributed by atoms with van der Waals surface area (Å²) < 4.78 is 0. The van der Waals surface area contributed by atoms with Gasteiger partial charge >= 0.3 is 0 Å². The van der Waals surface area contributed by atoms with E-state index in [0.717, 1.165) is 30.4 Å². The maximum Gasteiger partial charge on any atom is 0.245 e. The van der Waals surface area contributed by atoms with Crippen LogP contribution in [0, 0.1) is 13.8 Å². The third-order valence-electron chi connectivity index (χ3n) is 2.13. The summed E-state index contributed by atoms with van der Waals surface area (Å²) in [4.78, 5) is 6.45. The molecule has 0 saturated heterocycles. The standard InChI is InChI=1S/C9H16N4/c1-5-13(6-2)9-10-7(3)8(4)11-12-9/h5-6H2,1-4H3. The summed E-state index contributed by atoms with van der Waals surface area (Å²) in [5.41, 5.74) is 1.85. The number of anilines is 1. The molecule has 4 nitrogen and oxygen atoms in total. The van der Waals surface area contributed by atoms with Crippen LogP contribution in [0.25, 0.3) is 0 Å². The third-order valence-corrected chi connectivity index (χ3v) is 2.13. The van der Waals surface area contributed by atoms with Crippen molar-refractivity contribution in [3.63, 3.8) is 0 Å². The Hall–Kier alpha value is -1.19. The van der Waals surface area contributed by atoms with E-state index in [2.05, 4.69) is 33.9 Å². The number of aryl methyl sites for hydroxylation is 2. The minimum Gasteiger partial charge on any atom is -0.340 e. The Balaban J connectivity index is 2.95. The van der Waals surface area contributed by atoms with E-state index in [1.807, 2.05) is 13.8 Å². The predicted octanol–water partition coefficient (Wildman–Crippen LogP) is 1.33. The first kappa shape index (κ1) is 9.89. The molecule has 0 amide bonds. The third kappa shape index (κ3) is 2.14.